The summed E-state index contributed by atoms with van der Waals surface area (Å²) in [7, 11) is 0. The Kier molecular flexibility index (Phi) is 8.02. The number of hydrogen-bond acceptors (Lipinski definition) is 0. The fraction of sp³-hybridized carbons (Fsp3) is 0.308. The largest absolute Gasteiger partial charge is 1.00 e. The van der Waals surface area contributed by atoms with Gasteiger partial charge in [0.1, 0.15) is 0 Å². The van der Waals surface area contributed by atoms with Gasteiger partial charge < -0.3 is 24.8 Å². The minimum absolute atomic E-state index is 0. The maximum atomic E-state index is 2.29. The summed E-state index contributed by atoms with van der Waals surface area (Å²) in [6, 6.07) is 13.1. The van der Waals surface area contributed by atoms with E-state index in [4.69, 9.17) is 0 Å². The molecule has 0 unspecified atom stereocenters. The Morgan fingerprint density at radius 3 is 2.06 bits per heavy atom. The Balaban J connectivity index is 0. The molecule has 0 amide bonds. The van der Waals surface area contributed by atoms with Crippen LogP contribution in [0.2, 0.25) is 0 Å². The fourth-order valence-electron chi connectivity index (χ4n) is 1.58. The normalized spacial score (nSPS) is 9.94. The Morgan fingerprint density at radius 1 is 1.00 bits per heavy atom. The third-order valence-electron chi connectivity index (χ3n) is 2.48. The minimum Gasteiger partial charge on any atom is -1.00 e. The molecule has 0 bridgehead atoms. The molecule has 0 aliphatic rings. The number of benzene rings is 1. The van der Waals surface area contributed by atoms with Crippen LogP contribution in [0.4, 0.5) is 0 Å². The molecule has 2 aromatic rings. The maximum absolute atomic E-state index is 2.29. The first-order valence-corrected chi connectivity index (χ1v) is 4.73. The van der Waals surface area contributed by atoms with E-state index in [0.717, 1.165) is 0 Å². The van der Waals surface area contributed by atoms with Crippen molar-refractivity contribution < 1.29 is 50.7 Å². The van der Waals surface area contributed by atoms with Crippen LogP contribution in [0.15, 0.2) is 36.4 Å². The van der Waals surface area contributed by atoms with E-state index in [0.29, 0.717) is 0 Å². The van der Waals surface area contributed by atoms with Crippen molar-refractivity contribution in [3.8, 4) is 0 Å². The second-order valence-electron chi connectivity index (χ2n) is 4.62. The van der Waals surface area contributed by atoms with E-state index >= 15 is 0 Å². The molecule has 88 valence electrons. The monoisotopic (exact) mass is 421 g/mol. The van der Waals surface area contributed by atoms with Gasteiger partial charge in [-0.15, -0.1) is 40.6 Å². The van der Waals surface area contributed by atoms with Gasteiger partial charge in [-0.25, -0.2) is 0 Å². The zero-order valence-corrected chi connectivity index (χ0v) is 14.8. The molecule has 0 N–H and O–H groups in total. The van der Waals surface area contributed by atoms with Gasteiger partial charge in [-0.2, -0.15) is 6.07 Å². The van der Waals surface area contributed by atoms with Gasteiger partial charge >= 0.3 is 0 Å². The molecule has 0 saturated carbocycles. The number of halogens is 2. The van der Waals surface area contributed by atoms with E-state index in [9.17, 15) is 0 Å². The molecule has 0 spiro atoms. The Morgan fingerprint density at radius 2 is 1.56 bits per heavy atom. The van der Waals surface area contributed by atoms with Gasteiger partial charge in [0.2, 0.25) is 0 Å². The third-order valence-corrected chi connectivity index (χ3v) is 2.48. The van der Waals surface area contributed by atoms with E-state index in [1.165, 1.54) is 16.3 Å². The van der Waals surface area contributed by atoms with E-state index in [1.807, 2.05) is 0 Å². The molecule has 0 aromatic heterocycles. The summed E-state index contributed by atoms with van der Waals surface area (Å²) in [4.78, 5) is 0. The molecule has 0 nitrogen and oxygen atoms in total. The van der Waals surface area contributed by atoms with Crippen molar-refractivity contribution in [1.82, 2.24) is 0 Å². The molecule has 0 aliphatic heterocycles. The smallest absolute Gasteiger partial charge is 0 e. The van der Waals surface area contributed by atoms with Crippen molar-refractivity contribution in [2.75, 3.05) is 0 Å². The van der Waals surface area contributed by atoms with Gasteiger partial charge in [0.25, 0.3) is 0 Å². The molecule has 0 aliphatic carbocycles. The number of hydrogen-bond donors (Lipinski definition) is 0. The van der Waals surface area contributed by atoms with E-state index in [2.05, 4.69) is 57.2 Å². The zero-order chi connectivity index (χ0) is 9.47. The predicted octanol–water partition coefficient (Wildman–Crippen LogP) is -2.14. The molecule has 0 saturated heterocycles. The first-order chi connectivity index (χ1) is 6.07. The van der Waals surface area contributed by atoms with Crippen molar-refractivity contribution in [1.29, 1.82) is 0 Å². The first kappa shape index (κ1) is 18.6. The molecule has 16 heavy (non-hydrogen) atoms. The van der Waals surface area contributed by atoms with Crippen LogP contribution >= 0.6 is 0 Å². The van der Waals surface area contributed by atoms with Crippen molar-refractivity contribution in [3.63, 3.8) is 0 Å². The Bertz CT molecular complexity index is 394. The topological polar surface area (TPSA) is 0 Å². The van der Waals surface area contributed by atoms with E-state index in [1.54, 1.807) is 0 Å². The van der Waals surface area contributed by atoms with Crippen LogP contribution < -0.4 is 24.8 Å². The van der Waals surface area contributed by atoms with Crippen LogP contribution in [0.5, 0.6) is 0 Å². The van der Waals surface area contributed by atoms with Gasteiger partial charge in [0, 0.05) is 25.8 Å². The van der Waals surface area contributed by atoms with Crippen LogP contribution in [-0.4, -0.2) is 0 Å². The van der Waals surface area contributed by atoms with Crippen molar-refractivity contribution in [2.45, 2.75) is 26.2 Å². The number of rotatable bonds is 0. The summed E-state index contributed by atoms with van der Waals surface area (Å²) >= 11 is 0. The summed E-state index contributed by atoms with van der Waals surface area (Å²) in [6.07, 6.45) is 0. The molecule has 2 rings (SSSR count). The Labute approximate surface area is 129 Å². The third kappa shape index (κ3) is 3.94. The minimum atomic E-state index is 0. The van der Waals surface area contributed by atoms with Gasteiger partial charge in [-0.3, -0.25) is 0 Å². The molecule has 0 heterocycles. The van der Waals surface area contributed by atoms with Gasteiger partial charge in [-0.1, -0.05) is 26.8 Å². The first-order valence-electron chi connectivity index (χ1n) is 4.73. The molecule has 3 heteroatoms. The molecular formula is C13H15Cl2Hf-3. The summed E-state index contributed by atoms with van der Waals surface area (Å²) in [5.41, 5.74) is 1.69. The Hall–Kier alpha value is 0.280. The zero-order valence-electron chi connectivity index (χ0n) is 9.72. The van der Waals surface area contributed by atoms with Crippen LogP contribution in [0, 0.1) is 0 Å². The van der Waals surface area contributed by atoms with Crippen LogP contribution in [0.3, 0.4) is 0 Å². The van der Waals surface area contributed by atoms with E-state index < -0.39 is 0 Å². The molecule has 2 aromatic carbocycles. The maximum Gasteiger partial charge on any atom is 0 e. The molecular weight excluding hydrogens is 406 g/mol. The fourth-order valence-corrected chi connectivity index (χ4v) is 1.58. The summed E-state index contributed by atoms with van der Waals surface area (Å²) in [6.45, 7) is 6.75. The van der Waals surface area contributed by atoms with Gasteiger partial charge in [-0.05, 0) is 5.41 Å². The standard InChI is InChI=1S/C13H15.2ClH.Hf/c1-13(2,3)12-8-10-6-4-5-7-11(10)9-12;;;/h4-9H,1-3H3;2*1H;/q-1;;;/p-2. The predicted molar refractivity (Wildman–Crippen MR) is 58.2 cm³/mol. The van der Waals surface area contributed by atoms with Crippen molar-refractivity contribution in [3.05, 3.63) is 42.0 Å². The molecule has 0 fully saturated rings. The number of fused-ring (bicyclic) bond motifs is 1. The average Bonchev–Trinajstić information content (AvgIpc) is 2.45. The summed E-state index contributed by atoms with van der Waals surface area (Å²) in [5.74, 6) is 0. The van der Waals surface area contributed by atoms with Crippen molar-refractivity contribution in [2.24, 2.45) is 0 Å². The summed E-state index contributed by atoms with van der Waals surface area (Å²) < 4.78 is 0. The van der Waals surface area contributed by atoms with Crippen LogP contribution in [0.25, 0.3) is 10.8 Å². The van der Waals surface area contributed by atoms with Crippen LogP contribution in [0.1, 0.15) is 26.3 Å². The van der Waals surface area contributed by atoms with Gasteiger partial charge in [0.05, 0.1) is 0 Å². The second-order valence-corrected chi connectivity index (χ2v) is 4.62. The SMILES string of the molecule is CC(C)(C)c1cc2ccccc2[cH-]1.[Cl-].[Cl-].[Hf]. The average molecular weight is 421 g/mol. The van der Waals surface area contributed by atoms with Crippen molar-refractivity contribution >= 4 is 10.8 Å². The second kappa shape index (κ2) is 6.88. The summed E-state index contributed by atoms with van der Waals surface area (Å²) in [5, 5.41) is 2.71. The van der Waals surface area contributed by atoms with E-state index in [-0.39, 0.29) is 56.1 Å². The van der Waals surface area contributed by atoms with Gasteiger partial charge in [0.15, 0.2) is 0 Å². The molecule has 0 radical (unpaired) electrons. The molecule has 0 atom stereocenters. The van der Waals surface area contributed by atoms with Crippen LogP contribution in [-0.2, 0) is 31.3 Å². The quantitative estimate of drug-likeness (QED) is 0.337.